The van der Waals surface area contributed by atoms with E-state index in [1.54, 1.807) is 0 Å². The maximum atomic E-state index is 9.31. The first-order valence-corrected chi connectivity index (χ1v) is 6.07. The molecule has 0 atom stereocenters. The monoisotopic (exact) mass is 242 g/mol. The van der Waals surface area contributed by atoms with Crippen molar-refractivity contribution in [2.75, 3.05) is 0 Å². The molecule has 0 aliphatic carbocycles. The van der Waals surface area contributed by atoms with E-state index >= 15 is 0 Å². The van der Waals surface area contributed by atoms with Gasteiger partial charge < -0.3 is 9.84 Å². The van der Waals surface area contributed by atoms with E-state index in [9.17, 15) is 5.11 Å². The van der Waals surface area contributed by atoms with E-state index in [1.807, 2.05) is 31.2 Å². The third kappa shape index (κ3) is 2.39. The lowest BCUT2D eigenvalue weighted by Crippen LogP contribution is -1.96. The Balaban J connectivity index is 2.43. The van der Waals surface area contributed by atoms with E-state index in [0.717, 1.165) is 28.2 Å². The first-order valence-electron chi connectivity index (χ1n) is 6.07. The van der Waals surface area contributed by atoms with Crippen molar-refractivity contribution in [3.8, 4) is 11.5 Å². The Hall–Kier alpha value is -1.80. The Morgan fingerprint density at radius 1 is 0.944 bits per heavy atom. The van der Waals surface area contributed by atoms with Crippen molar-refractivity contribution in [2.45, 2.75) is 27.4 Å². The molecule has 0 amide bonds. The van der Waals surface area contributed by atoms with Crippen LogP contribution in [0, 0.1) is 20.8 Å². The van der Waals surface area contributed by atoms with Crippen molar-refractivity contribution in [1.82, 2.24) is 0 Å². The Bertz CT molecular complexity index is 559. The van der Waals surface area contributed by atoms with Gasteiger partial charge in [-0.3, -0.25) is 0 Å². The van der Waals surface area contributed by atoms with Crippen molar-refractivity contribution in [3.63, 3.8) is 0 Å². The molecule has 1 N–H and O–H groups in total. The van der Waals surface area contributed by atoms with Crippen LogP contribution in [0.3, 0.4) is 0 Å². The fraction of sp³-hybridized carbons (Fsp3) is 0.250. The van der Waals surface area contributed by atoms with Crippen molar-refractivity contribution in [3.05, 3.63) is 58.7 Å². The SMILES string of the molecule is Cc1ccc(C)c(Oc2ccccc2CO)c1C. The van der Waals surface area contributed by atoms with Gasteiger partial charge in [-0.1, -0.05) is 30.3 Å². The first-order chi connectivity index (χ1) is 8.63. The van der Waals surface area contributed by atoms with Crippen LogP contribution >= 0.6 is 0 Å². The summed E-state index contributed by atoms with van der Waals surface area (Å²) in [5, 5.41) is 9.31. The lowest BCUT2D eigenvalue weighted by Gasteiger charge is -2.15. The summed E-state index contributed by atoms with van der Waals surface area (Å²) < 4.78 is 5.98. The smallest absolute Gasteiger partial charge is 0.133 e. The molecular weight excluding hydrogens is 224 g/mol. The molecule has 0 heterocycles. The molecule has 2 rings (SSSR count). The number of ether oxygens (including phenoxy) is 1. The Morgan fingerprint density at radius 3 is 2.33 bits per heavy atom. The highest BCUT2D eigenvalue weighted by Crippen LogP contribution is 2.32. The molecule has 0 radical (unpaired) electrons. The summed E-state index contributed by atoms with van der Waals surface area (Å²) in [7, 11) is 0. The number of aliphatic hydroxyl groups is 1. The second-order valence-electron chi connectivity index (χ2n) is 4.52. The average Bonchev–Trinajstić information content (AvgIpc) is 2.39. The summed E-state index contributed by atoms with van der Waals surface area (Å²) in [6.07, 6.45) is 0. The molecule has 2 nitrogen and oxygen atoms in total. The summed E-state index contributed by atoms with van der Waals surface area (Å²) in [5.74, 6) is 1.60. The summed E-state index contributed by atoms with van der Waals surface area (Å²) in [6.45, 7) is 6.14. The van der Waals surface area contributed by atoms with Gasteiger partial charge in [0.05, 0.1) is 6.61 Å². The number of aliphatic hydroxyl groups excluding tert-OH is 1. The predicted octanol–water partition coefficient (Wildman–Crippen LogP) is 3.90. The van der Waals surface area contributed by atoms with Crippen molar-refractivity contribution in [1.29, 1.82) is 0 Å². The minimum absolute atomic E-state index is 0.0138. The Kier molecular flexibility index (Phi) is 3.68. The molecule has 2 heteroatoms. The van der Waals surface area contributed by atoms with Crippen molar-refractivity contribution in [2.24, 2.45) is 0 Å². The molecule has 0 aliphatic rings. The largest absolute Gasteiger partial charge is 0.456 e. The van der Waals surface area contributed by atoms with Gasteiger partial charge in [-0.15, -0.1) is 0 Å². The standard InChI is InChI=1S/C16H18O2/c1-11-8-9-12(2)16(13(11)3)18-15-7-5-4-6-14(15)10-17/h4-9,17H,10H2,1-3H3. The van der Waals surface area contributed by atoms with Crippen LogP contribution in [0.5, 0.6) is 11.5 Å². The summed E-state index contributed by atoms with van der Waals surface area (Å²) in [6, 6.07) is 11.7. The molecule has 0 aliphatic heterocycles. The van der Waals surface area contributed by atoms with E-state index in [2.05, 4.69) is 26.0 Å². The quantitative estimate of drug-likeness (QED) is 0.884. The normalized spacial score (nSPS) is 10.4. The van der Waals surface area contributed by atoms with Crippen molar-refractivity contribution >= 4 is 0 Å². The van der Waals surface area contributed by atoms with Crippen LogP contribution in [-0.4, -0.2) is 5.11 Å². The second-order valence-corrected chi connectivity index (χ2v) is 4.52. The molecule has 0 saturated heterocycles. The molecule has 0 spiro atoms. The second kappa shape index (κ2) is 5.23. The van der Waals surface area contributed by atoms with Gasteiger partial charge in [0.2, 0.25) is 0 Å². The molecule has 0 unspecified atom stereocenters. The topological polar surface area (TPSA) is 29.5 Å². The van der Waals surface area contributed by atoms with E-state index in [4.69, 9.17) is 4.74 Å². The van der Waals surface area contributed by atoms with Crippen molar-refractivity contribution < 1.29 is 9.84 Å². The zero-order valence-corrected chi connectivity index (χ0v) is 11.0. The lowest BCUT2D eigenvalue weighted by molar-refractivity contribution is 0.276. The molecular formula is C16H18O2. The number of rotatable bonds is 3. The van der Waals surface area contributed by atoms with Crippen LogP contribution in [0.2, 0.25) is 0 Å². The van der Waals surface area contributed by atoms with Gasteiger partial charge in [-0.2, -0.15) is 0 Å². The molecule has 2 aromatic rings. The molecule has 0 aromatic heterocycles. The van der Waals surface area contributed by atoms with E-state index in [0.29, 0.717) is 0 Å². The first kappa shape index (κ1) is 12.7. The highest BCUT2D eigenvalue weighted by atomic mass is 16.5. The van der Waals surface area contributed by atoms with Gasteiger partial charge >= 0.3 is 0 Å². The highest BCUT2D eigenvalue weighted by molar-refractivity contribution is 5.48. The number of benzene rings is 2. The van der Waals surface area contributed by atoms with Crippen LogP contribution in [0.15, 0.2) is 36.4 Å². The summed E-state index contributed by atoms with van der Waals surface area (Å²) in [5.41, 5.74) is 4.25. The molecule has 18 heavy (non-hydrogen) atoms. The van der Waals surface area contributed by atoms with Crippen LogP contribution < -0.4 is 4.74 Å². The molecule has 0 saturated carbocycles. The maximum Gasteiger partial charge on any atom is 0.133 e. The van der Waals surface area contributed by atoms with E-state index in [-0.39, 0.29) is 6.61 Å². The van der Waals surface area contributed by atoms with E-state index in [1.165, 1.54) is 5.56 Å². The fourth-order valence-electron chi connectivity index (χ4n) is 1.93. The molecule has 0 fully saturated rings. The van der Waals surface area contributed by atoms with Crippen LogP contribution in [-0.2, 0) is 6.61 Å². The third-order valence-electron chi connectivity index (χ3n) is 3.23. The minimum atomic E-state index is -0.0138. The zero-order chi connectivity index (χ0) is 13.1. The number of hydrogen-bond acceptors (Lipinski definition) is 2. The van der Waals surface area contributed by atoms with Gasteiger partial charge in [-0.25, -0.2) is 0 Å². The predicted molar refractivity (Wildman–Crippen MR) is 73.1 cm³/mol. The van der Waals surface area contributed by atoms with Gasteiger partial charge in [0.25, 0.3) is 0 Å². The molecule has 0 bridgehead atoms. The molecule has 2 aromatic carbocycles. The van der Waals surface area contributed by atoms with Gasteiger partial charge in [0, 0.05) is 5.56 Å². The van der Waals surface area contributed by atoms with Gasteiger partial charge in [-0.05, 0) is 43.5 Å². The van der Waals surface area contributed by atoms with E-state index < -0.39 is 0 Å². The number of hydrogen-bond donors (Lipinski definition) is 1. The number of aryl methyl sites for hydroxylation is 2. The zero-order valence-electron chi connectivity index (χ0n) is 11.0. The number of para-hydroxylation sites is 1. The fourth-order valence-corrected chi connectivity index (χ4v) is 1.93. The lowest BCUT2D eigenvalue weighted by atomic mass is 10.1. The van der Waals surface area contributed by atoms with Crippen LogP contribution in [0.4, 0.5) is 0 Å². The van der Waals surface area contributed by atoms with Gasteiger partial charge in [0.1, 0.15) is 11.5 Å². The van der Waals surface area contributed by atoms with Gasteiger partial charge in [0.15, 0.2) is 0 Å². The Morgan fingerprint density at radius 2 is 1.61 bits per heavy atom. The summed E-state index contributed by atoms with van der Waals surface area (Å²) >= 11 is 0. The maximum absolute atomic E-state index is 9.31. The van der Waals surface area contributed by atoms with Crippen LogP contribution in [0.25, 0.3) is 0 Å². The Labute approximate surface area is 108 Å². The molecule has 94 valence electrons. The average molecular weight is 242 g/mol. The minimum Gasteiger partial charge on any atom is -0.456 e. The summed E-state index contributed by atoms with van der Waals surface area (Å²) in [4.78, 5) is 0. The third-order valence-corrected chi connectivity index (χ3v) is 3.23. The highest BCUT2D eigenvalue weighted by Gasteiger charge is 2.09. The van der Waals surface area contributed by atoms with Crippen LogP contribution in [0.1, 0.15) is 22.3 Å².